The first-order valence-electron chi connectivity index (χ1n) is 9.96. The van der Waals surface area contributed by atoms with Crippen LogP contribution in [0.5, 0.6) is 0 Å². The van der Waals surface area contributed by atoms with Gasteiger partial charge < -0.3 is 14.7 Å². The second-order valence-electron chi connectivity index (χ2n) is 7.86. The fourth-order valence-corrected chi connectivity index (χ4v) is 4.31. The Morgan fingerprint density at radius 1 is 0.963 bits per heavy atom. The third kappa shape index (κ3) is 3.70. The molecule has 0 radical (unpaired) electrons. The molecule has 3 aliphatic rings. The van der Waals surface area contributed by atoms with Crippen LogP contribution in [0.3, 0.4) is 0 Å². The van der Waals surface area contributed by atoms with E-state index < -0.39 is 0 Å². The van der Waals surface area contributed by atoms with Crippen molar-refractivity contribution >= 4 is 17.7 Å². The van der Waals surface area contributed by atoms with Crippen LogP contribution in [0.2, 0.25) is 0 Å². The van der Waals surface area contributed by atoms with Crippen LogP contribution in [0.1, 0.15) is 43.4 Å². The zero-order valence-corrected chi connectivity index (χ0v) is 15.9. The minimum absolute atomic E-state index is 0.0159. The maximum absolute atomic E-state index is 13.0. The molecule has 6 heteroatoms. The molecule has 6 nitrogen and oxygen atoms in total. The molecule has 1 saturated heterocycles. The number of carbonyl (C=O) groups is 3. The average Bonchev–Trinajstić information content (AvgIpc) is 3.53. The van der Waals surface area contributed by atoms with Gasteiger partial charge in [-0.25, -0.2) is 0 Å². The molecule has 1 aliphatic carbocycles. The molecule has 0 spiro atoms. The summed E-state index contributed by atoms with van der Waals surface area (Å²) in [5.74, 6) is 0.574. The lowest BCUT2D eigenvalue weighted by Crippen LogP contribution is -2.51. The zero-order valence-electron chi connectivity index (χ0n) is 15.9. The summed E-state index contributed by atoms with van der Waals surface area (Å²) in [5.41, 5.74) is 2.32. The predicted molar refractivity (Wildman–Crippen MR) is 101 cm³/mol. The molecule has 0 N–H and O–H groups in total. The van der Waals surface area contributed by atoms with E-state index in [1.54, 1.807) is 6.92 Å². The third-order valence-corrected chi connectivity index (χ3v) is 6.06. The smallest absolute Gasteiger partial charge is 0.225 e. The molecule has 1 saturated carbocycles. The number of nitrogens with zero attached hydrogens (tertiary/aromatic N) is 3. The van der Waals surface area contributed by atoms with Gasteiger partial charge in [0, 0.05) is 45.6 Å². The van der Waals surface area contributed by atoms with Gasteiger partial charge in [0.25, 0.3) is 0 Å². The van der Waals surface area contributed by atoms with E-state index in [1.165, 1.54) is 5.56 Å². The van der Waals surface area contributed by atoms with Crippen LogP contribution >= 0.6 is 0 Å². The van der Waals surface area contributed by atoms with Crippen LogP contribution in [0, 0.1) is 5.92 Å². The second-order valence-corrected chi connectivity index (χ2v) is 7.86. The highest BCUT2D eigenvalue weighted by Gasteiger charge is 2.36. The van der Waals surface area contributed by atoms with Gasteiger partial charge in [-0.2, -0.15) is 0 Å². The molecule has 27 heavy (non-hydrogen) atoms. The number of hydrogen-bond acceptors (Lipinski definition) is 3. The summed E-state index contributed by atoms with van der Waals surface area (Å²) in [6, 6.07) is 7.92. The average molecular weight is 369 g/mol. The largest absolute Gasteiger partial charge is 0.339 e. The van der Waals surface area contributed by atoms with Gasteiger partial charge in [-0.3, -0.25) is 14.4 Å². The summed E-state index contributed by atoms with van der Waals surface area (Å²) < 4.78 is 0. The normalized spacial score (nSPS) is 22.4. The monoisotopic (exact) mass is 369 g/mol. The lowest BCUT2D eigenvalue weighted by Gasteiger charge is -2.39. The van der Waals surface area contributed by atoms with Crippen molar-refractivity contribution in [3.63, 3.8) is 0 Å². The summed E-state index contributed by atoms with van der Waals surface area (Å²) in [7, 11) is 0. The number of benzene rings is 1. The van der Waals surface area contributed by atoms with Crippen LogP contribution in [0.4, 0.5) is 0 Å². The summed E-state index contributed by atoms with van der Waals surface area (Å²) in [6.07, 6.45) is 3.18. The van der Waals surface area contributed by atoms with E-state index in [0.717, 1.165) is 24.8 Å². The van der Waals surface area contributed by atoms with Gasteiger partial charge in [0.2, 0.25) is 17.7 Å². The van der Waals surface area contributed by atoms with Crippen molar-refractivity contribution in [3.05, 3.63) is 35.4 Å². The van der Waals surface area contributed by atoms with Crippen LogP contribution in [0.25, 0.3) is 0 Å². The topological polar surface area (TPSA) is 60.9 Å². The first kappa shape index (κ1) is 18.0. The SMILES string of the molecule is CC(=O)N1CCc2ccccc2C1CC(=O)N1CCN(C(=O)C2CC2)CC1. The Labute approximate surface area is 160 Å². The number of carbonyl (C=O) groups excluding carboxylic acids is 3. The van der Waals surface area contributed by atoms with Crippen molar-refractivity contribution in [2.24, 2.45) is 5.92 Å². The molecule has 0 bridgehead atoms. The number of amides is 3. The number of piperazine rings is 1. The fourth-order valence-electron chi connectivity index (χ4n) is 4.31. The Balaban J connectivity index is 1.42. The Hall–Kier alpha value is -2.37. The van der Waals surface area contributed by atoms with E-state index in [2.05, 4.69) is 6.07 Å². The van der Waals surface area contributed by atoms with Crippen molar-refractivity contribution in [1.82, 2.24) is 14.7 Å². The molecule has 2 aliphatic heterocycles. The molecule has 4 rings (SSSR count). The van der Waals surface area contributed by atoms with E-state index >= 15 is 0 Å². The Morgan fingerprint density at radius 2 is 1.63 bits per heavy atom. The predicted octanol–water partition coefficient (Wildman–Crippen LogP) is 1.60. The Kier molecular flexibility index (Phi) is 4.89. The first-order chi connectivity index (χ1) is 13.0. The number of hydrogen-bond donors (Lipinski definition) is 0. The van der Waals surface area contributed by atoms with Gasteiger partial charge in [-0.05, 0) is 30.4 Å². The van der Waals surface area contributed by atoms with Crippen LogP contribution in [-0.4, -0.2) is 65.1 Å². The molecule has 1 unspecified atom stereocenters. The van der Waals surface area contributed by atoms with Crippen molar-refractivity contribution in [1.29, 1.82) is 0 Å². The highest BCUT2D eigenvalue weighted by molar-refractivity contribution is 5.82. The standard InChI is InChI=1S/C21H27N3O3/c1-15(25)24-9-8-16-4-2-3-5-18(16)19(24)14-20(26)22-10-12-23(13-11-22)21(27)17-6-7-17/h2-5,17,19H,6-14H2,1H3. The lowest BCUT2D eigenvalue weighted by molar-refractivity contribution is -0.142. The molecule has 1 aromatic rings. The molecule has 3 amide bonds. The maximum Gasteiger partial charge on any atom is 0.225 e. The highest BCUT2D eigenvalue weighted by Crippen LogP contribution is 2.33. The van der Waals surface area contributed by atoms with Gasteiger partial charge in [0.1, 0.15) is 0 Å². The van der Waals surface area contributed by atoms with Crippen LogP contribution in [-0.2, 0) is 20.8 Å². The molecule has 144 valence electrons. The number of rotatable bonds is 3. The van der Waals surface area contributed by atoms with E-state index in [0.29, 0.717) is 39.1 Å². The van der Waals surface area contributed by atoms with Crippen LogP contribution < -0.4 is 0 Å². The molecular weight excluding hydrogens is 342 g/mol. The second kappa shape index (κ2) is 7.33. The lowest BCUT2D eigenvalue weighted by atomic mass is 9.90. The van der Waals surface area contributed by atoms with Crippen molar-refractivity contribution < 1.29 is 14.4 Å². The Morgan fingerprint density at radius 3 is 2.30 bits per heavy atom. The van der Waals surface area contributed by atoms with Gasteiger partial charge in [0.05, 0.1) is 12.5 Å². The molecule has 1 aromatic carbocycles. The van der Waals surface area contributed by atoms with Crippen molar-refractivity contribution in [2.45, 2.75) is 38.6 Å². The molecular formula is C21H27N3O3. The zero-order chi connectivity index (χ0) is 19.0. The first-order valence-corrected chi connectivity index (χ1v) is 9.96. The van der Waals surface area contributed by atoms with Crippen molar-refractivity contribution in [2.75, 3.05) is 32.7 Å². The summed E-state index contributed by atoms with van der Waals surface area (Å²) in [6.45, 7) is 4.66. The van der Waals surface area contributed by atoms with E-state index in [4.69, 9.17) is 0 Å². The molecule has 2 heterocycles. The minimum Gasteiger partial charge on any atom is -0.339 e. The van der Waals surface area contributed by atoms with Crippen LogP contribution in [0.15, 0.2) is 24.3 Å². The molecule has 0 aromatic heterocycles. The summed E-state index contributed by atoms with van der Waals surface area (Å²) in [4.78, 5) is 42.8. The maximum atomic E-state index is 13.0. The van der Waals surface area contributed by atoms with Crippen molar-refractivity contribution in [3.8, 4) is 0 Å². The highest BCUT2D eigenvalue weighted by atomic mass is 16.2. The van der Waals surface area contributed by atoms with Gasteiger partial charge in [0.15, 0.2) is 0 Å². The summed E-state index contributed by atoms with van der Waals surface area (Å²) >= 11 is 0. The molecule has 2 fully saturated rings. The fraction of sp³-hybridized carbons (Fsp3) is 0.571. The molecule has 1 atom stereocenters. The van der Waals surface area contributed by atoms with E-state index in [1.807, 2.05) is 32.9 Å². The van der Waals surface area contributed by atoms with E-state index in [-0.39, 0.29) is 29.7 Å². The van der Waals surface area contributed by atoms with Gasteiger partial charge in [-0.15, -0.1) is 0 Å². The summed E-state index contributed by atoms with van der Waals surface area (Å²) in [5, 5.41) is 0. The van der Waals surface area contributed by atoms with Gasteiger partial charge in [-0.1, -0.05) is 24.3 Å². The third-order valence-electron chi connectivity index (χ3n) is 6.06. The number of fused-ring (bicyclic) bond motifs is 1. The minimum atomic E-state index is -0.189. The van der Waals surface area contributed by atoms with Gasteiger partial charge >= 0.3 is 0 Å². The quantitative estimate of drug-likeness (QED) is 0.813. The van der Waals surface area contributed by atoms with E-state index in [9.17, 15) is 14.4 Å². The Bertz CT molecular complexity index is 751.